The molecule has 0 bridgehead atoms. The molecular weight excluding hydrogens is 418 g/mol. The van der Waals surface area contributed by atoms with Crippen molar-refractivity contribution in [2.45, 2.75) is 29.1 Å². The lowest BCUT2D eigenvalue weighted by Gasteiger charge is -2.32. The minimum Gasteiger partial charge on any atom is -0.493 e. The second-order valence-electron chi connectivity index (χ2n) is 5.66. The molecule has 1 N–H and O–H groups in total. The van der Waals surface area contributed by atoms with Crippen LogP contribution in [-0.4, -0.2) is 31.0 Å². The van der Waals surface area contributed by atoms with Crippen LogP contribution in [0.5, 0.6) is 5.75 Å². The molecule has 25 heavy (non-hydrogen) atoms. The molecule has 0 aliphatic rings. The fourth-order valence-electron chi connectivity index (χ4n) is 2.08. The van der Waals surface area contributed by atoms with Crippen LogP contribution in [0.3, 0.4) is 0 Å². The van der Waals surface area contributed by atoms with Crippen LogP contribution in [-0.2, 0) is 9.84 Å². The summed E-state index contributed by atoms with van der Waals surface area (Å²) in [4.78, 5) is -0.547. The first-order valence-electron chi connectivity index (χ1n) is 7.36. The van der Waals surface area contributed by atoms with E-state index in [4.69, 9.17) is 4.74 Å². The number of halogens is 3. The van der Waals surface area contributed by atoms with Gasteiger partial charge >= 0.3 is 5.25 Å². The number of aliphatic hydroxyl groups is 1. The molecule has 4 nitrogen and oxygen atoms in total. The van der Waals surface area contributed by atoms with Crippen LogP contribution >= 0.6 is 15.9 Å². The van der Waals surface area contributed by atoms with Crippen molar-refractivity contribution in [3.63, 3.8) is 0 Å². The van der Waals surface area contributed by atoms with E-state index in [-0.39, 0.29) is 6.61 Å². The highest BCUT2D eigenvalue weighted by molar-refractivity contribution is 9.10. The zero-order valence-electron chi connectivity index (χ0n) is 13.3. The van der Waals surface area contributed by atoms with E-state index in [2.05, 4.69) is 15.9 Å². The SMILES string of the molecule is C[C@](O)(CCOc1ccc(Br)cc1)C(F)(F)S(=O)(=O)c1ccccc1. The Morgan fingerprint density at radius 3 is 2.20 bits per heavy atom. The number of hydrogen-bond donors (Lipinski definition) is 1. The van der Waals surface area contributed by atoms with Gasteiger partial charge in [-0.05, 0) is 43.3 Å². The molecule has 0 spiro atoms. The minimum atomic E-state index is -5.04. The highest BCUT2D eigenvalue weighted by atomic mass is 79.9. The maximum atomic E-state index is 14.5. The summed E-state index contributed by atoms with van der Waals surface area (Å²) in [6.45, 7) is 0.521. The number of alkyl halides is 2. The fraction of sp³-hybridized carbons (Fsp3) is 0.294. The van der Waals surface area contributed by atoms with Gasteiger partial charge in [-0.1, -0.05) is 34.1 Å². The molecule has 2 aromatic carbocycles. The van der Waals surface area contributed by atoms with Gasteiger partial charge < -0.3 is 9.84 Å². The fourth-order valence-corrected chi connectivity index (χ4v) is 3.84. The summed E-state index contributed by atoms with van der Waals surface area (Å²) >= 11 is 3.25. The molecule has 0 saturated carbocycles. The van der Waals surface area contributed by atoms with Gasteiger partial charge in [-0.25, -0.2) is 8.42 Å². The smallest absolute Gasteiger partial charge is 0.377 e. The molecule has 0 heterocycles. The van der Waals surface area contributed by atoms with Crippen LogP contribution in [0, 0.1) is 0 Å². The Bertz CT molecular complexity index is 806. The van der Waals surface area contributed by atoms with Crippen molar-refractivity contribution in [2.75, 3.05) is 6.61 Å². The van der Waals surface area contributed by atoms with Crippen LogP contribution < -0.4 is 4.74 Å². The largest absolute Gasteiger partial charge is 0.493 e. The number of benzene rings is 2. The van der Waals surface area contributed by atoms with Crippen molar-refractivity contribution in [1.82, 2.24) is 0 Å². The number of sulfone groups is 1. The lowest BCUT2D eigenvalue weighted by atomic mass is 10.0. The van der Waals surface area contributed by atoms with E-state index in [1.54, 1.807) is 24.3 Å². The molecule has 0 amide bonds. The monoisotopic (exact) mass is 434 g/mol. The van der Waals surface area contributed by atoms with Crippen LogP contribution in [0.4, 0.5) is 8.78 Å². The van der Waals surface area contributed by atoms with Gasteiger partial charge in [0, 0.05) is 10.9 Å². The molecular formula is C17H17BrF2O4S. The predicted octanol–water partition coefficient (Wildman–Crippen LogP) is 4.04. The first kappa shape index (κ1) is 19.8. The molecule has 2 rings (SSSR count). The number of ether oxygens (including phenoxy) is 1. The van der Waals surface area contributed by atoms with Crippen molar-refractivity contribution < 1.29 is 27.0 Å². The molecule has 2 aromatic rings. The first-order chi connectivity index (χ1) is 11.6. The molecule has 136 valence electrons. The summed E-state index contributed by atoms with van der Waals surface area (Å²) in [5, 5.41) is 5.77. The van der Waals surface area contributed by atoms with Crippen molar-refractivity contribution >= 4 is 25.8 Å². The van der Waals surface area contributed by atoms with Crippen molar-refractivity contribution in [1.29, 1.82) is 0 Å². The third-order valence-electron chi connectivity index (χ3n) is 3.69. The standard InChI is InChI=1S/C17H17BrF2O4S/c1-16(21,11-12-24-14-9-7-13(18)8-10-14)17(19,20)25(22,23)15-5-3-2-4-6-15/h2-10,21H,11-12H2,1H3/t16-/m0/s1. The third-order valence-corrected chi connectivity index (χ3v) is 6.23. The van der Waals surface area contributed by atoms with Crippen molar-refractivity contribution in [3.05, 3.63) is 59.1 Å². The predicted molar refractivity (Wildman–Crippen MR) is 93.5 cm³/mol. The second-order valence-corrected chi connectivity index (χ2v) is 8.57. The average Bonchev–Trinajstić information content (AvgIpc) is 2.57. The Kier molecular flexibility index (Phi) is 5.86. The van der Waals surface area contributed by atoms with Gasteiger partial charge in [-0.3, -0.25) is 0 Å². The van der Waals surface area contributed by atoms with E-state index in [9.17, 15) is 22.3 Å². The van der Waals surface area contributed by atoms with E-state index in [0.29, 0.717) is 5.75 Å². The average molecular weight is 435 g/mol. The van der Waals surface area contributed by atoms with Crippen molar-refractivity contribution in [3.8, 4) is 5.75 Å². The molecule has 0 aliphatic carbocycles. The number of hydrogen-bond acceptors (Lipinski definition) is 4. The van der Waals surface area contributed by atoms with Gasteiger partial charge in [0.25, 0.3) is 0 Å². The first-order valence-corrected chi connectivity index (χ1v) is 9.64. The van der Waals surface area contributed by atoms with Gasteiger partial charge in [0.05, 0.1) is 11.5 Å². The summed E-state index contributed by atoms with van der Waals surface area (Å²) < 4.78 is 59.6. The molecule has 1 atom stereocenters. The summed E-state index contributed by atoms with van der Waals surface area (Å²) in [5.74, 6) is 0.424. The maximum Gasteiger partial charge on any atom is 0.377 e. The van der Waals surface area contributed by atoms with E-state index in [1.807, 2.05) is 0 Å². The Morgan fingerprint density at radius 2 is 1.64 bits per heavy atom. The van der Waals surface area contributed by atoms with Crippen LogP contribution in [0.25, 0.3) is 0 Å². The Hall–Kier alpha value is -1.51. The topological polar surface area (TPSA) is 63.6 Å². The molecule has 0 fully saturated rings. The lowest BCUT2D eigenvalue weighted by Crippen LogP contribution is -2.51. The van der Waals surface area contributed by atoms with Crippen LogP contribution in [0.15, 0.2) is 64.0 Å². The minimum absolute atomic E-state index is 0.269. The van der Waals surface area contributed by atoms with Gasteiger partial charge in [0.1, 0.15) is 11.4 Å². The molecule has 0 aromatic heterocycles. The van der Waals surface area contributed by atoms with Gasteiger partial charge in [-0.15, -0.1) is 0 Å². The highest BCUT2D eigenvalue weighted by Gasteiger charge is 2.59. The van der Waals surface area contributed by atoms with Crippen LogP contribution in [0.2, 0.25) is 0 Å². The normalized spacial score (nSPS) is 14.8. The summed E-state index contributed by atoms with van der Waals surface area (Å²) in [7, 11) is -5.04. The highest BCUT2D eigenvalue weighted by Crippen LogP contribution is 2.40. The molecule has 0 unspecified atom stereocenters. The number of rotatable bonds is 7. The van der Waals surface area contributed by atoms with E-state index < -0.39 is 32.0 Å². The molecule has 0 aliphatic heterocycles. The zero-order chi connectivity index (χ0) is 18.7. The Morgan fingerprint density at radius 1 is 1.08 bits per heavy atom. The van der Waals surface area contributed by atoms with E-state index in [1.165, 1.54) is 18.2 Å². The summed E-state index contributed by atoms with van der Waals surface area (Å²) in [5.41, 5.74) is -2.79. The molecule has 8 heteroatoms. The second kappa shape index (κ2) is 7.39. The van der Waals surface area contributed by atoms with Gasteiger partial charge in [0.2, 0.25) is 9.84 Å². The Labute approximate surface area is 153 Å². The third kappa shape index (κ3) is 4.19. The van der Waals surface area contributed by atoms with E-state index in [0.717, 1.165) is 23.5 Å². The quantitative estimate of drug-likeness (QED) is 0.714. The zero-order valence-corrected chi connectivity index (χ0v) is 15.7. The molecule has 0 radical (unpaired) electrons. The van der Waals surface area contributed by atoms with Gasteiger partial charge in [0.15, 0.2) is 0 Å². The maximum absolute atomic E-state index is 14.5. The van der Waals surface area contributed by atoms with Crippen molar-refractivity contribution in [2.24, 2.45) is 0 Å². The van der Waals surface area contributed by atoms with Gasteiger partial charge in [-0.2, -0.15) is 8.78 Å². The lowest BCUT2D eigenvalue weighted by molar-refractivity contribution is -0.122. The Balaban J connectivity index is 2.12. The van der Waals surface area contributed by atoms with E-state index >= 15 is 0 Å². The summed E-state index contributed by atoms with van der Waals surface area (Å²) in [6.07, 6.45) is -0.567. The van der Waals surface area contributed by atoms with Crippen LogP contribution in [0.1, 0.15) is 13.3 Å². The summed E-state index contributed by atoms with van der Waals surface area (Å²) in [6, 6.07) is 13.0. The molecule has 0 saturated heterocycles.